The van der Waals surface area contributed by atoms with Crippen LogP contribution in [0.25, 0.3) is 0 Å². The van der Waals surface area contributed by atoms with Crippen molar-refractivity contribution in [3.05, 3.63) is 18.2 Å². The van der Waals surface area contributed by atoms with Crippen LogP contribution in [0, 0.1) is 0 Å². The van der Waals surface area contributed by atoms with Gasteiger partial charge in [0.25, 0.3) is 0 Å². The van der Waals surface area contributed by atoms with Crippen molar-refractivity contribution in [2.24, 2.45) is 0 Å². The Balaban J connectivity index is 3.17. The summed E-state index contributed by atoms with van der Waals surface area (Å²) in [4.78, 5) is 27.5. The van der Waals surface area contributed by atoms with E-state index >= 15 is 0 Å². The van der Waals surface area contributed by atoms with Gasteiger partial charge in [-0.2, -0.15) is 0 Å². The fourth-order valence-corrected chi connectivity index (χ4v) is 1.71. The predicted octanol–water partition coefficient (Wildman–Crippen LogP) is 0.895. The lowest BCUT2D eigenvalue weighted by molar-refractivity contribution is -0.148. The SMILES string of the molecule is CCn1cncc1C(C(=O)O)N(C=O)C(C)C. The number of hydrogen-bond acceptors (Lipinski definition) is 3. The number of hydrogen-bond donors (Lipinski definition) is 1. The van der Waals surface area contributed by atoms with Gasteiger partial charge < -0.3 is 14.6 Å². The number of carboxylic acids is 1. The average Bonchev–Trinajstić information content (AvgIpc) is 2.71. The van der Waals surface area contributed by atoms with Gasteiger partial charge in [-0.1, -0.05) is 0 Å². The summed E-state index contributed by atoms with van der Waals surface area (Å²) in [7, 11) is 0. The molecule has 94 valence electrons. The lowest BCUT2D eigenvalue weighted by atomic mass is 10.1. The Kier molecular flexibility index (Phi) is 4.25. The highest BCUT2D eigenvalue weighted by molar-refractivity contribution is 5.77. The predicted molar refractivity (Wildman–Crippen MR) is 61.3 cm³/mol. The maximum Gasteiger partial charge on any atom is 0.332 e. The normalized spacial score (nSPS) is 12.5. The highest BCUT2D eigenvalue weighted by Gasteiger charge is 2.30. The monoisotopic (exact) mass is 239 g/mol. The highest BCUT2D eigenvalue weighted by atomic mass is 16.4. The van der Waals surface area contributed by atoms with Crippen molar-refractivity contribution in [2.45, 2.75) is 39.4 Å². The summed E-state index contributed by atoms with van der Waals surface area (Å²) in [5.41, 5.74) is 0.515. The van der Waals surface area contributed by atoms with E-state index in [0.29, 0.717) is 18.6 Å². The number of aryl methyl sites for hydroxylation is 1. The zero-order valence-corrected chi connectivity index (χ0v) is 10.2. The first-order valence-electron chi connectivity index (χ1n) is 5.48. The van der Waals surface area contributed by atoms with Gasteiger partial charge in [0.05, 0.1) is 18.2 Å². The molecule has 6 nitrogen and oxygen atoms in total. The lowest BCUT2D eigenvalue weighted by Gasteiger charge is -2.28. The van der Waals surface area contributed by atoms with E-state index in [-0.39, 0.29) is 6.04 Å². The van der Waals surface area contributed by atoms with Crippen LogP contribution in [0.5, 0.6) is 0 Å². The maximum atomic E-state index is 11.3. The molecule has 0 fully saturated rings. The Morgan fingerprint density at radius 2 is 2.29 bits per heavy atom. The van der Waals surface area contributed by atoms with Gasteiger partial charge in [0.1, 0.15) is 0 Å². The summed E-state index contributed by atoms with van der Waals surface area (Å²) >= 11 is 0. The van der Waals surface area contributed by atoms with Gasteiger partial charge in [-0.15, -0.1) is 0 Å². The van der Waals surface area contributed by atoms with E-state index in [4.69, 9.17) is 0 Å². The van der Waals surface area contributed by atoms with Crippen LogP contribution < -0.4 is 0 Å². The fraction of sp³-hybridized carbons (Fsp3) is 0.545. The minimum Gasteiger partial charge on any atom is -0.479 e. The summed E-state index contributed by atoms with van der Waals surface area (Å²) in [6.07, 6.45) is 3.62. The van der Waals surface area contributed by atoms with Gasteiger partial charge in [0, 0.05) is 12.6 Å². The molecule has 0 aliphatic heterocycles. The molecule has 0 saturated carbocycles. The van der Waals surface area contributed by atoms with E-state index in [9.17, 15) is 14.7 Å². The number of aromatic nitrogens is 2. The molecule has 1 amide bonds. The molecule has 0 spiro atoms. The largest absolute Gasteiger partial charge is 0.479 e. The van der Waals surface area contributed by atoms with Crippen molar-refractivity contribution in [1.29, 1.82) is 0 Å². The van der Waals surface area contributed by atoms with Gasteiger partial charge in [-0.3, -0.25) is 4.79 Å². The van der Waals surface area contributed by atoms with Crippen molar-refractivity contribution in [3.63, 3.8) is 0 Å². The number of rotatable bonds is 6. The Hall–Kier alpha value is -1.85. The van der Waals surface area contributed by atoms with Gasteiger partial charge in [0.2, 0.25) is 6.41 Å². The topological polar surface area (TPSA) is 75.4 Å². The average molecular weight is 239 g/mol. The van der Waals surface area contributed by atoms with E-state index in [1.807, 2.05) is 6.92 Å². The Bertz CT molecular complexity index is 400. The van der Waals surface area contributed by atoms with E-state index in [0.717, 1.165) is 0 Å². The first-order valence-corrected chi connectivity index (χ1v) is 5.48. The minimum absolute atomic E-state index is 0.186. The fourth-order valence-electron chi connectivity index (χ4n) is 1.71. The maximum absolute atomic E-state index is 11.3. The molecule has 0 aliphatic rings. The van der Waals surface area contributed by atoms with Crippen LogP contribution in [-0.2, 0) is 16.1 Å². The Morgan fingerprint density at radius 3 is 2.71 bits per heavy atom. The van der Waals surface area contributed by atoms with Crippen molar-refractivity contribution in [2.75, 3.05) is 0 Å². The molecular weight excluding hydrogens is 222 g/mol. The third kappa shape index (κ3) is 2.64. The summed E-state index contributed by atoms with van der Waals surface area (Å²) in [6, 6.07) is -1.18. The molecule has 0 aromatic carbocycles. The summed E-state index contributed by atoms with van der Waals surface area (Å²) in [5, 5.41) is 9.27. The smallest absolute Gasteiger partial charge is 0.332 e. The quantitative estimate of drug-likeness (QED) is 0.748. The number of imidazole rings is 1. The third-order valence-corrected chi connectivity index (χ3v) is 2.62. The molecule has 0 bridgehead atoms. The van der Waals surface area contributed by atoms with Gasteiger partial charge in [-0.05, 0) is 20.8 Å². The molecule has 0 radical (unpaired) electrons. The molecule has 17 heavy (non-hydrogen) atoms. The third-order valence-electron chi connectivity index (χ3n) is 2.62. The van der Waals surface area contributed by atoms with Crippen LogP contribution in [0.2, 0.25) is 0 Å². The number of carboxylic acid groups (broad SMARTS) is 1. The van der Waals surface area contributed by atoms with E-state index in [1.165, 1.54) is 11.1 Å². The summed E-state index contributed by atoms with van der Waals surface area (Å²) < 4.78 is 1.72. The first-order chi connectivity index (χ1) is 8.02. The second kappa shape index (κ2) is 5.47. The molecule has 0 saturated heterocycles. The second-order valence-electron chi connectivity index (χ2n) is 3.99. The zero-order chi connectivity index (χ0) is 13.0. The van der Waals surface area contributed by atoms with Crippen molar-refractivity contribution in [3.8, 4) is 0 Å². The molecule has 1 N–H and O–H groups in total. The molecule has 1 heterocycles. The summed E-state index contributed by atoms with van der Waals surface area (Å²) in [5.74, 6) is -1.05. The van der Waals surface area contributed by atoms with Crippen LogP contribution in [-0.4, -0.2) is 38.0 Å². The number of carbonyl (C=O) groups excluding carboxylic acids is 1. The Labute approximate surface area is 99.9 Å². The number of aliphatic carboxylic acids is 1. The first kappa shape index (κ1) is 13.2. The zero-order valence-electron chi connectivity index (χ0n) is 10.2. The van der Waals surface area contributed by atoms with Crippen molar-refractivity contribution >= 4 is 12.4 Å². The molecule has 1 aromatic rings. The van der Waals surface area contributed by atoms with Crippen molar-refractivity contribution < 1.29 is 14.7 Å². The van der Waals surface area contributed by atoms with Crippen molar-refractivity contribution in [1.82, 2.24) is 14.5 Å². The number of nitrogens with zero attached hydrogens (tertiary/aromatic N) is 3. The standard InChI is InChI=1S/C11H17N3O3/c1-4-13-6-12-5-9(13)10(11(16)17)14(7-15)8(2)3/h5-8,10H,4H2,1-3H3,(H,16,17). The van der Waals surface area contributed by atoms with Crippen LogP contribution in [0.4, 0.5) is 0 Å². The molecule has 0 aliphatic carbocycles. The van der Waals surface area contributed by atoms with Crippen LogP contribution >= 0.6 is 0 Å². The van der Waals surface area contributed by atoms with E-state index in [1.54, 1.807) is 24.7 Å². The molecular formula is C11H17N3O3. The number of amides is 1. The highest BCUT2D eigenvalue weighted by Crippen LogP contribution is 2.21. The molecule has 1 unspecified atom stereocenters. The molecule has 1 aromatic heterocycles. The van der Waals surface area contributed by atoms with Crippen LogP contribution in [0.3, 0.4) is 0 Å². The molecule has 1 rings (SSSR count). The van der Waals surface area contributed by atoms with Gasteiger partial charge >= 0.3 is 5.97 Å². The van der Waals surface area contributed by atoms with Crippen LogP contribution in [0.1, 0.15) is 32.5 Å². The van der Waals surface area contributed by atoms with E-state index < -0.39 is 12.0 Å². The van der Waals surface area contributed by atoms with Gasteiger partial charge in [-0.25, -0.2) is 9.78 Å². The second-order valence-corrected chi connectivity index (χ2v) is 3.99. The van der Waals surface area contributed by atoms with Gasteiger partial charge in [0.15, 0.2) is 6.04 Å². The Morgan fingerprint density at radius 1 is 1.65 bits per heavy atom. The molecule has 1 atom stereocenters. The lowest BCUT2D eigenvalue weighted by Crippen LogP contribution is -2.39. The van der Waals surface area contributed by atoms with Crippen LogP contribution in [0.15, 0.2) is 12.5 Å². The molecule has 6 heteroatoms. The minimum atomic E-state index is -1.05. The summed E-state index contributed by atoms with van der Waals surface area (Å²) in [6.45, 7) is 6.06. The van der Waals surface area contributed by atoms with E-state index in [2.05, 4.69) is 4.98 Å². The number of carbonyl (C=O) groups is 2.